The van der Waals surface area contributed by atoms with Gasteiger partial charge in [0, 0.05) is 17.2 Å². The zero-order chi connectivity index (χ0) is 8.81. The average molecular weight is 179 g/mol. The van der Waals surface area contributed by atoms with Gasteiger partial charge in [0.25, 0.3) is 0 Å². The molecule has 0 saturated carbocycles. The third-order valence-electron chi connectivity index (χ3n) is 1.55. The molecule has 64 valence electrons. The highest BCUT2D eigenvalue weighted by Crippen LogP contribution is 2.21. The first-order valence-corrected chi connectivity index (χ1v) is 4.88. The van der Waals surface area contributed by atoms with Crippen LogP contribution in [0, 0.1) is 0 Å². The van der Waals surface area contributed by atoms with Crippen LogP contribution in [0.4, 0.5) is 0 Å². The van der Waals surface area contributed by atoms with Gasteiger partial charge in [-0.25, -0.2) is 0 Å². The second-order valence-electron chi connectivity index (χ2n) is 2.41. The lowest BCUT2D eigenvalue weighted by atomic mass is 10.2. The molecule has 1 aromatic carbocycles. The van der Waals surface area contributed by atoms with E-state index in [0.717, 1.165) is 5.75 Å². The summed E-state index contributed by atoms with van der Waals surface area (Å²) in [5, 5.41) is 0. The Labute approximate surface area is 77.7 Å². The summed E-state index contributed by atoms with van der Waals surface area (Å²) in [6.07, 6.45) is 1.90. The molecule has 0 aromatic heterocycles. The van der Waals surface area contributed by atoms with Crippen molar-refractivity contribution in [1.29, 1.82) is 0 Å². The lowest BCUT2D eigenvalue weighted by Crippen LogP contribution is -1.97. The molecule has 1 rings (SSSR count). The predicted molar refractivity (Wildman–Crippen MR) is 55.3 cm³/mol. The summed E-state index contributed by atoms with van der Waals surface area (Å²) in [4.78, 5) is 1.26. The number of hydrogen-bond donors (Lipinski definition) is 1. The van der Waals surface area contributed by atoms with Crippen LogP contribution >= 0.6 is 11.8 Å². The summed E-state index contributed by atoms with van der Waals surface area (Å²) in [5.41, 5.74) is 6.80. The molecule has 2 N–H and O–H groups in total. The first kappa shape index (κ1) is 9.36. The molecular weight excluding hydrogens is 166 g/mol. The lowest BCUT2D eigenvalue weighted by Gasteiger charge is -2.04. The fraction of sp³-hybridized carbons (Fsp3) is 0.200. The topological polar surface area (TPSA) is 26.0 Å². The fourth-order valence-corrected chi connectivity index (χ4v) is 1.77. The van der Waals surface area contributed by atoms with Crippen LogP contribution in [0.3, 0.4) is 0 Å². The van der Waals surface area contributed by atoms with Gasteiger partial charge < -0.3 is 5.73 Å². The zero-order valence-corrected chi connectivity index (χ0v) is 7.81. The zero-order valence-electron chi connectivity index (χ0n) is 6.99. The molecule has 0 unspecified atom stereocenters. The van der Waals surface area contributed by atoms with Crippen molar-refractivity contribution in [2.45, 2.75) is 11.4 Å². The van der Waals surface area contributed by atoms with Gasteiger partial charge in [0.05, 0.1) is 0 Å². The molecule has 0 bridgehead atoms. The molecule has 0 aliphatic carbocycles. The normalized spacial score (nSPS) is 9.75. The monoisotopic (exact) mass is 179 g/mol. The Balaban J connectivity index is 2.74. The highest BCUT2D eigenvalue weighted by molar-refractivity contribution is 7.99. The first-order chi connectivity index (χ1) is 5.88. The van der Waals surface area contributed by atoms with E-state index in [4.69, 9.17) is 5.73 Å². The van der Waals surface area contributed by atoms with E-state index in [1.54, 1.807) is 11.8 Å². The predicted octanol–water partition coefficient (Wildman–Crippen LogP) is 2.42. The van der Waals surface area contributed by atoms with Crippen molar-refractivity contribution in [2.75, 3.05) is 5.75 Å². The van der Waals surface area contributed by atoms with Crippen LogP contribution in [-0.2, 0) is 6.54 Å². The summed E-state index contributed by atoms with van der Waals surface area (Å²) in [6, 6.07) is 8.20. The van der Waals surface area contributed by atoms with Crippen LogP contribution in [0.15, 0.2) is 41.8 Å². The Morgan fingerprint density at radius 1 is 1.42 bits per heavy atom. The molecule has 0 heterocycles. The van der Waals surface area contributed by atoms with Gasteiger partial charge in [0.1, 0.15) is 0 Å². The first-order valence-electron chi connectivity index (χ1n) is 3.90. The standard InChI is InChI=1S/C10H13NS/c1-2-7-12-10-6-4-3-5-9(10)8-11/h2-6H,1,7-8,11H2. The summed E-state index contributed by atoms with van der Waals surface area (Å²) < 4.78 is 0. The second-order valence-corrected chi connectivity index (χ2v) is 3.47. The summed E-state index contributed by atoms with van der Waals surface area (Å²) in [7, 11) is 0. The van der Waals surface area contributed by atoms with E-state index in [0.29, 0.717) is 6.54 Å². The molecule has 0 atom stereocenters. The third kappa shape index (κ3) is 2.40. The minimum atomic E-state index is 0.611. The van der Waals surface area contributed by atoms with E-state index < -0.39 is 0 Å². The Morgan fingerprint density at radius 3 is 2.83 bits per heavy atom. The summed E-state index contributed by atoms with van der Waals surface area (Å²) in [5.74, 6) is 0.941. The number of hydrogen-bond acceptors (Lipinski definition) is 2. The van der Waals surface area contributed by atoms with Crippen LogP contribution in [0.25, 0.3) is 0 Å². The number of nitrogens with two attached hydrogens (primary N) is 1. The van der Waals surface area contributed by atoms with Crippen molar-refractivity contribution < 1.29 is 0 Å². The Kier molecular flexibility index (Phi) is 3.91. The Bertz CT molecular complexity index is 258. The molecule has 12 heavy (non-hydrogen) atoms. The molecule has 1 nitrogen and oxygen atoms in total. The van der Waals surface area contributed by atoms with Crippen LogP contribution in [-0.4, -0.2) is 5.75 Å². The molecule has 2 heteroatoms. The van der Waals surface area contributed by atoms with Gasteiger partial charge in [-0.15, -0.1) is 18.3 Å². The van der Waals surface area contributed by atoms with Crippen LogP contribution < -0.4 is 5.73 Å². The summed E-state index contributed by atoms with van der Waals surface area (Å²) >= 11 is 1.77. The number of thioether (sulfide) groups is 1. The smallest absolute Gasteiger partial charge is 0.0189 e. The van der Waals surface area contributed by atoms with Gasteiger partial charge in [-0.2, -0.15) is 0 Å². The van der Waals surface area contributed by atoms with Gasteiger partial charge in [-0.05, 0) is 11.6 Å². The van der Waals surface area contributed by atoms with Crippen molar-refractivity contribution in [3.05, 3.63) is 42.5 Å². The molecule has 0 aliphatic heterocycles. The highest BCUT2D eigenvalue weighted by atomic mass is 32.2. The van der Waals surface area contributed by atoms with Crippen molar-refractivity contribution >= 4 is 11.8 Å². The van der Waals surface area contributed by atoms with Gasteiger partial charge in [-0.1, -0.05) is 24.3 Å². The van der Waals surface area contributed by atoms with Crippen molar-refractivity contribution in [3.63, 3.8) is 0 Å². The fourth-order valence-electron chi connectivity index (χ4n) is 0.962. The minimum absolute atomic E-state index is 0.611. The average Bonchev–Trinajstić information content (AvgIpc) is 2.15. The maximum atomic E-state index is 5.58. The maximum Gasteiger partial charge on any atom is 0.0189 e. The van der Waals surface area contributed by atoms with Crippen molar-refractivity contribution in [2.24, 2.45) is 5.73 Å². The Hall–Kier alpha value is -0.730. The number of benzene rings is 1. The van der Waals surface area contributed by atoms with E-state index >= 15 is 0 Å². The highest BCUT2D eigenvalue weighted by Gasteiger charge is 1.97. The van der Waals surface area contributed by atoms with E-state index in [9.17, 15) is 0 Å². The van der Waals surface area contributed by atoms with Gasteiger partial charge in [0.2, 0.25) is 0 Å². The van der Waals surface area contributed by atoms with Crippen molar-refractivity contribution in [1.82, 2.24) is 0 Å². The third-order valence-corrected chi connectivity index (χ3v) is 2.66. The molecule has 0 radical (unpaired) electrons. The van der Waals surface area contributed by atoms with E-state index in [1.807, 2.05) is 18.2 Å². The SMILES string of the molecule is C=CCSc1ccccc1CN. The van der Waals surface area contributed by atoms with E-state index in [-0.39, 0.29) is 0 Å². The van der Waals surface area contributed by atoms with Crippen LogP contribution in [0.2, 0.25) is 0 Å². The van der Waals surface area contributed by atoms with Gasteiger partial charge >= 0.3 is 0 Å². The maximum absolute atomic E-state index is 5.58. The lowest BCUT2D eigenvalue weighted by molar-refractivity contribution is 1.03. The molecular formula is C10H13NS. The van der Waals surface area contributed by atoms with E-state index in [1.165, 1.54) is 10.5 Å². The largest absolute Gasteiger partial charge is 0.326 e. The van der Waals surface area contributed by atoms with Crippen LogP contribution in [0.5, 0.6) is 0 Å². The minimum Gasteiger partial charge on any atom is -0.326 e. The molecule has 0 amide bonds. The molecule has 1 aromatic rings. The molecule has 0 fully saturated rings. The molecule has 0 aliphatic rings. The van der Waals surface area contributed by atoms with E-state index in [2.05, 4.69) is 18.7 Å². The Morgan fingerprint density at radius 2 is 2.17 bits per heavy atom. The van der Waals surface area contributed by atoms with Gasteiger partial charge in [0.15, 0.2) is 0 Å². The van der Waals surface area contributed by atoms with Crippen LogP contribution in [0.1, 0.15) is 5.56 Å². The molecule has 0 saturated heterocycles. The van der Waals surface area contributed by atoms with Gasteiger partial charge in [-0.3, -0.25) is 0 Å². The second kappa shape index (κ2) is 5.01. The molecule has 0 spiro atoms. The number of rotatable bonds is 4. The van der Waals surface area contributed by atoms with Crippen molar-refractivity contribution in [3.8, 4) is 0 Å². The summed E-state index contributed by atoms with van der Waals surface area (Å²) in [6.45, 7) is 4.29. The quantitative estimate of drug-likeness (QED) is 0.567.